The summed E-state index contributed by atoms with van der Waals surface area (Å²) in [5.41, 5.74) is 1.07. The quantitative estimate of drug-likeness (QED) is 0.635. The number of Topliss-reactive ketones (excluding diaryl/α,β-unsaturated/α-hetero) is 1. The molecule has 0 N–H and O–H groups in total. The van der Waals surface area contributed by atoms with Crippen molar-refractivity contribution in [2.24, 2.45) is 0 Å². The van der Waals surface area contributed by atoms with Gasteiger partial charge in [-0.3, -0.25) is 4.79 Å². The molecule has 0 fully saturated rings. The number of hydrogen-bond donors (Lipinski definition) is 0. The third-order valence-electron chi connectivity index (χ3n) is 3.29. The van der Waals surface area contributed by atoms with Crippen LogP contribution < -0.4 is 0 Å². The zero-order valence-corrected chi connectivity index (χ0v) is 12.4. The van der Waals surface area contributed by atoms with Gasteiger partial charge in [-0.05, 0) is 42.5 Å². The van der Waals surface area contributed by atoms with Crippen LogP contribution in [0.5, 0.6) is 0 Å². The second-order valence-corrected chi connectivity index (χ2v) is 5.61. The molecule has 2 nitrogen and oxygen atoms in total. The minimum absolute atomic E-state index is 0.0796. The lowest BCUT2D eigenvalue weighted by Gasteiger charge is -2.05. The molecule has 0 saturated heterocycles. The van der Waals surface area contributed by atoms with Gasteiger partial charge in [-0.2, -0.15) is 0 Å². The van der Waals surface area contributed by atoms with Crippen LogP contribution in [0.25, 0.3) is 10.9 Å². The molecule has 0 bridgehead atoms. The zero-order chi connectivity index (χ0) is 15.0. The maximum atomic E-state index is 13.2. The van der Waals surface area contributed by atoms with E-state index >= 15 is 0 Å². The Morgan fingerprint density at radius 1 is 1.05 bits per heavy atom. The molecule has 0 saturated carbocycles. The molecule has 106 valence electrons. The van der Waals surface area contributed by atoms with E-state index in [1.165, 1.54) is 6.07 Å². The van der Waals surface area contributed by atoms with Gasteiger partial charge in [0.15, 0.2) is 17.4 Å². The first-order valence-corrected chi connectivity index (χ1v) is 7.06. The summed E-state index contributed by atoms with van der Waals surface area (Å²) in [5.74, 6) is -2.24. The fourth-order valence-corrected chi connectivity index (χ4v) is 2.60. The molecule has 0 aliphatic carbocycles. The maximum Gasteiger partial charge on any atom is 0.182 e. The Morgan fingerprint density at radius 2 is 1.86 bits per heavy atom. The number of benzene rings is 2. The molecular formula is C16H10BrF2NO. The van der Waals surface area contributed by atoms with Crippen molar-refractivity contribution in [1.82, 2.24) is 4.57 Å². The Kier molecular flexibility index (Phi) is 3.59. The monoisotopic (exact) mass is 349 g/mol. The number of carbonyl (C=O) groups excluding carboxylic acids is 1. The number of hydrogen-bond acceptors (Lipinski definition) is 1. The van der Waals surface area contributed by atoms with E-state index in [1.54, 1.807) is 10.8 Å². The van der Waals surface area contributed by atoms with Crippen molar-refractivity contribution in [2.45, 2.75) is 6.54 Å². The summed E-state index contributed by atoms with van der Waals surface area (Å²) >= 11 is 3.39. The van der Waals surface area contributed by atoms with E-state index in [4.69, 9.17) is 0 Å². The van der Waals surface area contributed by atoms with E-state index in [-0.39, 0.29) is 17.9 Å². The van der Waals surface area contributed by atoms with Crippen LogP contribution in [-0.4, -0.2) is 10.4 Å². The second-order valence-electron chi connectivity index (χ2n) is 4.70. The number of ketones is 1. The normalized spacial score (nSPS) is 11.0. The summed E-state index contributed by atoms with van der Waals surface area (Å²) in [7, 11) is 0. The van der Waals surface area contributed by atoms with Gasteiger partial charge in [0.1, 0.15) is 0 Å². The highest BCUT2D eigenvalue weighted by Crippen LogP contribution is 2.21. The molecule has 1 aromatic heterocycles. The van der Waals surface area contributed by atoms with Crippen molar-refractivity contribution in [1.29, 1.82) is 0 Å². The first-order chi connectivity index (χ1) is 10.0. The average molecular weight is 350 g/mol. The van der Waals surface area contributed by atoms with E-state index in [0.717, 1.165) is 27.5 Å². The van der Waals surface area contributed by atoms with Crippen LogP contribution in [0.15, 0.2) is 53.1 Å². The molecule has 1 heterocycles. The Hall–Kier alpha value is -2.01. The third-order valence-corrected chi connectivity index (χ3v) is 3.78. The third kappa shape index (κ3) is 2.74. The smallest absolute Gasteiger partial charge is 0.182 e. The maximum absolute atomic E-state index is 13.2. The van der Waals surface area contributed by atoms with Gasteiger partial charge >= 0.3 is 0 Å². The van der Waals surface area contributed by atoms with Gasteiger partial charge in [-0.25, -0.2) is 8.78 Å². The van der Waals surface area contributed by atoms with Crippen LogP contribution in [-0.2, 0) is 6.54 Å². The highest BCUT2D eigenvalue weighted by atomic mass is 79.9. The predicted molar refractivity (Wildman–Crippen MR) is 80.3 cm³/mol. The van der Waals surface area contributed by atoms with Crippen LogP contribution in [0.4, 0.5) is 8.78 Å². The van der Waals surface area contributed by atoms with Gasteiger partial charge in [0.05, 0.1) is 6.54 Å². The number of aromatic nitrogens is 1. The largest absolute Gasteiger partial charge is 0.340 e. The van der Waals surface area contributed by atoms with Crippen molar-refractivity contribution in [3.63, 3.8) is 0 Å². The van der Waals surface area contributed by atoms with Crippen LogP contribution in [0, 0.1) is 11.6 Å². The van der Waals surface area contributed by atoms with E-state index < -0.39 is 11.6 Å². The van der Waals surface area contributed by atoms with Crippen molar-refractivity contribution in [2.75, 3.05) is 0 Å². The second kappa shape index (κ2) is 5.41. The van der Waals surface area contributed by atoms with E-state index in [9.17, 15) is 13.6 Å². The Balaban J connectivity index is 1.91. The van der Waals surface area contributed by atoms with E-state index in [2.05, 4.69) is 15.9 Å². The summed E-state index contributed by atoms with van der Waals surface area (Å²) in [5, 5.41) is 1.00. The lowest BCUT2D eigenvalue weighted by molar-refractivity contribution is 0.0973. The predicted octanol–water partition coefficient (Wildman–Crippen LogP) is 4.56. The number of carbonyl (C=O) groups is 1. The van der Waals surface area contributed by atoms with E-state index in [1.807, 2.05) is 24.3 Å². The standard InChI is InChI=1S/C16H10BrF2NO/c17-12-2-4-15-10(7-12)5-6-20(15)9-16(21)11-1-3-13(18)14(19)8-11/h1-8H,9H2. The Labute approximate surface area is 128 Å². The van der Waals surface area contributed by atoms with Crippen molar-refractivity contribution >= 4 is 32.6 Å². The lowest BCUT2D eigenvalue weighted by Crippen LogP contribution is -2.10. The highest BCUT2D eigenvalue weighted by Gasteiger charge is 2.11. The van der Waals surface area contributed by atoms with Gasteiger partial charge in [0.25, 0.3) is 0 Å². The molecule has 0 aliphatic rings. The number of fused-ring (bicyclic) bond motifs is 1. The average Bonchev–Trinajstić information content (AvgIpc) is 2.84. The molecule has 5 heteroatoms. The molecule has 21 heavy (non-hydrogen) atoms. The van der Waals surface area contributed by atoms with Gasteiger partial charge < -0.3 is 4.57 Å². The van der Waals surface area contributed by atoms with Crippen molar-refractivity contribution in [3.05, 3.63) is 70.3 Å². The minimum Gasteiger partial charge on any atom is -0.340 e. The number of nitrogens with zero attached hydrogens (tertiary/aromatic N) is 1. The lowest BCUT2D eigenvalue weighted by atomic mass is 10.1. The molecular weight excluding hydrogens is 340 g/mol. The molecule has 2 aromatic carbocycles. The van der Waals surface area contributed by atoms with Crippen molar-refractivity contribution < 1.29 is 13.6 Å². The first-order valence-electron chi connectivity index (χ1n) is 6.27. The molecule has 0 radical (unpaired) electrons. The molecule has 0 amide bonds. The first kappa shape index (κ1) is 13.9. The topological polar surface area (TPSA) is 22.0 Å². The fourth-order valence-electron chi connectivity index (χ4n) is 2.22. The van der Waals surface area contributed by atoms with Crippen molar-refractivity contribution in [3.8, 4) is 0 Å². The van der Waals surface area contributed by atoms with Gasteiger partial charge in [0, 0.05) is 27.1 Å². The number of rotatable bonds is 3. The molecule has 0 aliphatic heterocycles. The van der Waals surface area contributed by atoms with Crippen LogP contribution in [0.2, 0.25) is 0 Å². The SMILES string of the molecule is O=C(Cn1ccc2cc(Br)ccc21)c1ccc(F)c(F)c1. The summed E-state index contributed by atoms with van der Waals surface area (Å²) in [4.78, 5) is 12.2. The molecule has 3 aromatic rings. The zero-order valence-electron chi connectivity index (χ0n) is 10.8. The van der Waals surface area contributed by atoms with E-state index in [0.29, 0.717) is 0 Å². The molecule has 0 atom stereocenters. The van der Waals surface area contributed by atoms with Gasteiger partial charge in [-0.15, -0.1) is 0 Å². The highest BCUT2D eigenvalue weighted by molar-refractivity contribution is 9.10. The molecule has 0 spiro atoms. The summed E-state index contributed by atoms with van der Waals surface area (Å²) < 4.78 is 28.8. The number of halogens is 3. The fraction of sp³-hybridized carbons (Fsp3) is 0.0625. The Morgan fingerprint density at radius 3 is 2.62 bits per heavy atom. The summed E-state index contributed by atoms with van der Waals surface area (Å²) in [6, 6.07) is 10.8. The summed E-state index contributed by atoms with van der Waals surface area (Å²) in [6.45, 7) is 0.0796. The van der Waals surface area contributed by atoms with Crippen LogP contribution >= 0.6 is 15.9 Å². The van der Waals surface area contributed by atoms with Crippen LogP contribution in [0.3, 0.4) is 0 Å². The van der Waals surface area contributed by atoms with Crippen LogP contribution in [0.1, 0.15) is 10.4 Å². The minimum atomic E-state index is -1.01. The van der Waals surface area contributed by atoms with Gasteiger partial charge in [-0.1, -0.05) is 15.9 Å². The molecule has 0 unspecified atom stereocenters. The molecule has 3 rings (SSSR count). The summed E-state index contributed by atoms with van der Waals surface area (Å²) in [6.07, 6.45) is 1.80. The van der Waals surface area contributed by atoms with Gasteiger partial charge in [0.2, 0.25) is 0 Å². The Bertz CT molecular complexity index is 841.